The summed E-state index contributed by atoms with van der Waals surface area (Å²) in [6.45, 7) is 2.37. The lowest BCUT2D eigenvalue weighted by molar-refractivity contribution is 0.102. The minimum atomic E-state index is -0.284. The van der Waals surface area contributed by atoms with E-state index in [1.54, 1.807) is 18.2 Å². The van der Waals surface area contributed by atoms with Gasteiger partial charge >= 0.3 is 0 Å². The van der Waals surface area contributed by atoms with Gasteiger partial charge in [0.05, 0.1) is 5.56 Å². The van der Waals surface area contributed by atoms with Crippen molar-refractivity contribution in [3.8, 4) is 0 Å². The average Bonchev–Trinajstić information content (AvgIpc) is 2.64. The van der Waals surface area contributed by atoms with Crippen molar-refractivity contribution in [3.63, 3.8) is 0 Å². The van der Waals surface area contributed by atoms with Gasteiger partial charge in [-0.25, -0.2) is 9.97 Å². The fourth-order valence-electron chi connectivity index (χ4n) is 2.31. The van der Waals surface area contributed by atoms with Crippen LogP contribution in [0.2, 0.25) is 10.0 Å². The zero-order valence-electron chi connectivity index (χ0n) is 14.0. The maximum Gasteiger partial charge on any atom is 0.258 e. The first-order valence-corrected chi connectivity index (χ1v) is 8.65. The summed E-state index contributed by atoms with van der Waals surface area (Å²) in [7, 11) is 0. The van der Waals surface area contributed by atoms with Gasteiger partial charge in [0.1, 0.15) is 0 Å². The van der Waals surface area contributed by atoms with E-state index in [1.165, 1.54) is 12.4 Å². The molecule has 3 rings (SSSR count). The molecule has 0 spiro atoms. The van der Waals surface area contributed by atoms with Crippen LogP contribution in [0.1, 0.15) is 21.5 Å². The van der Waals surface area contributed by atoms with Crippen LogP contribution < -0.4 is 10.6 Å². The molecule has 1 aromatic heterocycles. The summed E-state index contributed by atoms with van der Waals surface area (Å²) in [5.74, 6) is 0.136. The lowest BCUT2D eigenvalue weighted by atomic mass is 10.2. The normalized spacial score (nSPS) is 10.4. The Kier molecular flexibility index (Phi) is 5.71. The third-order valence-corrected chi connectivity index (χ3v) is 4.35. The Hall–Kier alpha value is -2.63. The fraction of sp³-hybridized carbons (Fsp3) is 0.105. The number of nitrogens with one attached hydrogen (secondary N) is 2. The summed E-state index contributed by atoms with van der Waals surface area (Å²) < 4.78 is 0. The van der Waals surface area contributed by atoms with Crippen molar-refractivity contribution in [2.75, 3.05) is 10.6 Å². The van der Waals surface area contributed by atoms with Crippen molar-refractivity contribution >= 4 is 40.7 Å². The Bertz CT molecular complexity index is 929. The summed E-state index contributed by atoms with van der Waals surface area (Å²) in [6, 6.07) is 12.8. The van der Waals surface area contributed by atoms with Gasteiger partial charge in [-0.1, -0.05) is 41.4 Å². The molecule has 0 aliphatic heterocycles. The molecule has 0 saturated carbocycles. The van der Waals surface area contributed by atoms with Gasteiger partial charge in [-0.15, -0.1) is 0 Å². The zero-order chi connectivity index (χ0) is 18.5. The smallest absolute Gasteiger partial charge is 0.258 e. The van der Waals surface area contributed by atoms with Gasteiger partial charge < -0.3 is 10.6 Å². The molecule has 0 atom stereocenters. The maximum absolute atomic E-state index is 12.3. The van der Waals surface area contributed by atoms with E-state index in [4.69, 9.17) is 23.2 Å². The van der Waals surface area contributed by atoms with Gasteiger partial charge in [-0.2, -0.15) is 0 Å². The van der Waals surface area contributed by atoms with E-state index in [9.17, 15) is 4.79 Å². The van der Waals surface area contributed by atoms with E-state index in [0.29, 0.717) is 33.8 Å². The molecule has 0 aliphatic rings. The molecule has 0 aliphatic carbocycles. The highest BCUT2D eigenvalue weighted by atomic mass is 35.5. The number of halogens is 2. The third-order valence-electron chi connectivity index (χ3n) is 3.75. The quantitative estimate of drug-likeness (QED) is 0.650. The molecule has 2 N–H and O–H groups in total. The standard InChI is InChI=1S/C19H16Cl2N4O/c1-12-8-15(20)6-7-17(12)25-18(26)14-10-23-19(24-11-14)22-9-13-4-2-3-5-16(13)21/h2-8,10-11H,9H2,1H3,(H,25,26)(H,22,23,24). The van der Waals surface area contributed by atoms with Crippen LogP contribution in [0.15, 0.2) is 54.9 Å². The maximum atomic E-state index is 12.3. The third kappa shape index (κ3) is 4.50. The lowest BCUT2D eigenvalue weighted by Crippen LogP contribution is -2.14. The van der Waals surface area contributed by atoms with Crippen LogP contribution >= 0.6 is 23.2 Å². The van der Waals surface area contributed by atoms with Gasteiger partial charge in [0.2, 0.25) is 5.95 Å². The minimum absolute atomic E-state index is 0.284. The van der Waals surface area contributed by atoms with Crippen molar-refractivity contribution in [2.24, 2.45) is 0 Å². The number of anilines is 2. The van der Waals surface area contributed by atoms with Gasteiger partial charge in [0, 0.05) is 34.7 Å². The Morgan fingerprint density at radius 1 is 1.08 bits per heavy atom. The highest BCUT2D eigenvalue weighted by Crippen LogP contribution is 2.20. The molecule has 26 heavy (non-hydrogen) atoms. The van der Waals surface area contributed by atoms with Crippen molar-refractivity contribution in [3.05, 3.63) is 81.6 Å². The Labute approximate surface area is 161 Å². The summed E-state index contributed by atoms with van der Waals surface area (Å²) in [5.41, 5.74) is 2.88. The molecule has 1 amide bonds. The summed E-state index contributed by atoms with van der Waals surface area (Å²) >= 11 is 12.0. The molecule has 2 aromatic carbocycles. The van der Waals surface area contributed by atoms with E-state index in [2.05, 4.69) is 20.6 Å². The van der Waals surface area contributed by atoms with Crippen molar-refractivity contribution < 1.29 is 4.79 Å². The van der Waals surface area contributed by atoms with Gasteiger partial charge in [-0.05, 0) is 42.3 Å². The van der Waals surface area contributed by atoms with Crippen molar-refractivity contribution in [2.45, 2.75) is 13.5 Å². The average molecular weight is 387 g/mol. The molecule has 132 valence electrons. The molecule has 0 saturated heterocycles. The van der Waals surface area contributed by atoms with Crippen molar-refractivity contribution in [1.82, 2.24) is 9.97 Å². The molecule has 0 unspecified atom stereocenters. The number of carbonyl (C=O) groups is 1. The minimum Gasteiger partial charge on any atom is -0.350 e. The molecule has 0 fully saturated rings. The molecule has 5 nitrogen and oxygen atoms in total. The largest absolute Gasteiger partial charge is 0.350 e. The number of aryl methyl sites for hydroxylation is 1. The highest BCUT2D eigenvalue weighted by Gasteiger charge is 2.10. The Morgan fingerprint density at radius 3 is 2.50 bits per heavy atom. The van der Waals surface area contributed by atoms with Crippen molar-refractivity contribution in [1.29, 1.82) is 0 Å². The van der Waals surface area contributed by atoms with Crippen LogP contribution in [0.25, 0.3) is 0 Å². The van der Waals surface area contributed by atoms with Crippen LogP contribution in [0.3, 0.4) is 0 Å². The van der Waals surface area contributed by atoms with Gasteiger partial charge in [0.25, 0.3) is 5.91 Å². The number of hydrogen-bond acceptors (Lipinski definition) is 4. The monoisotopic (exact) mass is 386 g/mol. The Balaban J connectivity index is 1.63. The van der Waals surface area contributed by atoms with E-state index < -0.39 is 0 Å². The summed E-state index contributed by atoms with van der Waals surface area (Å²) in [4.78, 5) is 20.7. The van der Waals surface area contributed by atoms with E-state index >= 15 is 0 Å². The van der Waals surface area contributed by atoms with Crippen LogP contribution in [-0.2, 0) is 6.54 Å². The molecule has 7 heteroatoms. The number of hydrogen-bond donors (Lipinski definition) is 2. The molecule has 1 heterocycles. The van der Waals surface area contributed by atoms with E-state index in [1.807, 2.05) is 31.2 Å². The van der Waals surface area contributed by atoms with Crippen LogP contribution in [0, 0.1) is 6.92 Å². The first kappa shape index (κ1) is 18.2. The fourth-order valence-corrected chi connectivity index (χ4v) is 2.74. The van der Waals surface area contributed by atoms with Gasteiger partial charge in [0.15, 0.2) is 0 Å². The molecule has 0 radical (unpaired) electrons. The number of benzene rings is 2. The first-order valence-electron chi connectivity index (χ1n) is 7.90. The number of aromatic nitrogens is 2. The molecular formula is C19H16Cl2N4O. The lowest BCUT2D eigenvalue weighted by Gasteiger charge is -2.09. The summed E-state index contributed by atoms with van der Waals surface area (Å²) in [5, 5.41) is 7.20. The second-order valence-electron chi connectivity index (χ2n) is 5.65. The predicted molar refractivity (Wildman–Crippen MR) is 105 cm³/mol. The highest BCUT2D eigenvalue weighted by molar-refractivity contribution is 6.31. The number of carbonyl (C=O) groups excluding carboxylic acids is 1. The molecule has 0 bridgehead atoms. The predicted octanol–water partition coefficient (Wildman–Crippen LogP) is 4.96. The van der Waals surface area contributed by atoms with E-state index in [-0.39, 0.29) is 5.91 Å². The molecular weight excluding hydrogens is 371 g/mol. The second kappa shape index (κ2) is 8.17. The van der Waals surface area contributed by atoms with Gasteiger partial charge in [-0.3, -0.25) is 4.79 Å². The van der Waals surface area contributed by atoms with Crippen LogP contribution in [0.5, 0.6) is 0 Å². The zero-order valence-corrected chi connectivity index (χ0v) is 15.5. The second-order valence-corrected chi connectivity index (χ2v) is 6.50. The summed E-state index contributed by atoms with van der Waals surface area (Å²) in [6.07, 6.45) is 2.95. The number of amides is 1. The SMILES string of the molecule is Cc1cc(Cl)ccc1NC(=O)c1cnc(NCc2ccccc2Cl)nc1. The topological polar surface area (TPSA) is 66.9 Å². The van der Waals surface area contributed by atoms with Crippen LogP contribution in [-0.4, -0.2) is 15.9 Å². The first-order chi connectivity index (χ1) is 12.5. The number of nitrogens with zero attached hydrogens (tertiary/aromatic N) is 2. The van der Waals surface area contributed by atoms with Crippen LogP contribution in [0.4, 0.5) is 11.6 Å². The number of rotatable bonds is 5. The molecule has 3 aromatic rings. The van der Waals surface area contributed by atoms with E-state index in [0.717, 1.165) is 11.1 Å². The Morgan fingerprint density at radius 2 is 1.81 bits per heavy atom.